The summed E-state index contributed by atoms with van der Waals surface area (Å²) in [6, 6.07) is 12.8. The molecule has 0 heterocycles. The highest BCUT2D eigenvalue weighted by atomic mass is 32.2. The number of hydrogen-bond donors (Lipinski definition) is 0. The van der Waals surface area contributed by atoms with E-state index in [1.807, 2.05) is 27.7 Å². The molecule has 0 N–H and O–H groups in total. The third-order valence-electron chi connectivity index (χ3n) is 6.55. The minimum atomic E-state index is -4.04. The lowest BCUT2D eigenvalue weighted by Gasteiger charge is -2.45. The van der Waals surface area contributed by atoms with E-state index in [2.05, 4.69) is 0 Å². The van der Waals surface area contributed by atoms with Crippen LogP contribution in [0.1, 0.15) is 50.7 Å². The molecule has 8 nitrogen and oxygen atoms in total. The van der Waals surface area contributed by atoms with Crippen LogP contribution < -0.4 is 0 Å². The fourth-order valence-corrected chi connectivity index (χ4v) is 6.32. The van der Waals surface area contributed by atoms with Crippen LogP contribution in [0.15, 0.2) is 58.3 Å². The third-order valence-corrected chi connectivity index (χ3v) is 9.10. The van der Waals surface area contributed by atoms with Crippen LogP contribution in [0.25, 0.3) is 0 Å². The molecule has 1 aliphatic rings. The molecular formula is C26H36O8S2. The van der Waals surface area contributed by atoms with Crippen molar-refractivity contribution in [1.82, 2.24) is 0 Å². The zero-order valence-electron chi connectivity index (χ0n) is 21.4. The minimum absolute atomic E-state index is 0.0465. The average molecular weight is 541 g/mol. The SMILES string of the molecule is CCOC1(OCC)CCC(COS(=O)(=O)c2ccc(C)cc2)(COS(=O)(=O)c2ccc(C)cc2)CC1. The summed E-state index contributed by atoms with van der Waals surface area (Å²) in [7, 11) is -8.08. The third kappa shape index (κ3) is 7.14. The van der Waals surface area contributed by atoms with Crippen molar-refractivity contribution in [3.63, 3.8) is 0 Å². The highest BCUT2D eigenvalue weighted by Crippen LogP contribution is 2.44. The molecule has 2 aromatic rings. The Morgan fingerprint density at radius 3 is 1.33 bits per heavy atom. The van der Waals surface area contributed by atoms with Crippen LogP contribution in [-0.2, 0) is 38.1 Å². The van der Waals surface area contributed by atoms with E-state index in [0.29, 0.717) is 38.9 Å². The normalized spacial score (nSPS) is 17.7. The summed E-state index contributed by atoms with van der Waals surface area (Å²) in [6.45, 7) is 7.98. The van der Waals surface area contributed by atoms with Crippen molar-refractivity contribution < 1.29 is 34.7 Å². The molecule has 3 rings (SSSR count). The van der Waals surface area contributed by atoms with Crippen LogP contribution in [0.2, 0.25) is 0 Å². The lowest BCUT2D eigenvalue weighted by Crippen LogP contribution is -2.47. The van der Waals surface area contributed by atoms with Gasteiger partial charge in [0, 0.05) is 31.5 Å². The fraction of sp³-hybridized carbons (Fsp3) is 0.538. The van der Waals surface area contributed by atoms with Crippen LogP contribution >= 0.6 is 0 Å². The number of ether oxygens (including phenoxy) is 2. The summed E-state index contributed by atoms with van der Waals surface area (Å²) in [6.07, 6.45) is 1.72. The summed E-state index contributed by atoms with van der Waals surface area (Å²) < 4.78 is 74.3. The Morgan fingerprint density at radius 1 is 0.639 bits per heavy atom. The second-order valence-electron chi connectivity index (χ2n) is 9.34. The number of benzene rings is 2. The van der Waals surface area contributed by atoms with E-state index in [-0.39, 0.29) is 23.0 Å². The first-order valence-corrected chi connectivity index (χ1v) is 15.0. The van der Waals surface area contributed by atoms with E-state index in [1.54, 1.807) is 24.3 Å². The average Bonchev–Trinajstić information content (AvgIpc) is 2.84. The maximum atomic E-state index is 12.9. The molecule has 0 amide bonds. The van der Waals surface area contributed by atoms with E-state index in [0.717, 1.165) is 11.1 Å². The minimum Gasteiger partial charge on any atom is -0.350 e. The van der Waals surface area contributed by atoms with Gasteiger partial charge in [-0.1, -0.05) is 35.4 Å². The van der Waals surface area contributed by atoms with E-state index < -0.39 is 31.4 Å². The first-order valence-electron chi connectivity index (χ1n) is 12.1. The Hall–Kier alpha value is -1.82. The molecule has 0 atom stereocenters. The zero-order valence-corrected chi connectivity index (χ0v) is 23.0. The largest absolute Gasteiger partial charge is 0.350 e. The summed E-state index contributed by atoms with van der Waals surface area (Å²) in [4.78, 5) is 0.0930. The predicted molar refractivity (Wildman–Crippen MR) is 136 cm³/mol. The Morgan fingerprint density at radius 2 is 1.00 bits per heavy atom. The number of rotatable bonds is 12. The lowest BCUT2D eigenvalue weighted by molar-refractivity contribution is -0.260. The summed E-state index contributed by atoms with van der Waals surface area (Å²) >= 11 is 0. The number of hydrogen-bond acceptors (Lipinski definition) is 8. The zero-order chi connectivity index (χ0) is 26.5. The van der Waals surface area contributed by atoms with Crippen LogP contribution in [0.4, 0.5) is 0 Å². The van der Waals surface area contributed by atoms with Gasteiger partial charge in [0.05, 0.1) is 23.0 Å². The van der Waals surface area contributed by atoms with Crippen molar-refractivity contribution in [2.45, 2.75) is 69.0 Å². The second-order valence-corrected chi connectivity index (χ2v) is 12.6. The summed E-state index contributed by atoms with van der Waals surface area (Å²) in [5.41, 5.74) is 0.985. The van der Waals surface area contributed by atoms with Gasteiger partial charge >= 0.3 is 0 Å². The molecule has 200 valence electrons. The molecule has 0 aliphatic heterocycles. The molecule has 0 aromatic heterocycles. The Labute approximate surface area is 215 Å². The lowest BCUT2D eigenvalue weighted by atomic mass is 9.73. The smallest absolute Gasteiger partial charge is 0.296 e. The van der Waals surface area contributed by atoms with Gasteiger partial charge in [-0.05, 0) is 64.8 Å². The number of aryl methyl sites for hydroxylation is 2. The van der Waals surface area contributed by atoms with Crippen molar-refractivity contribution in [1.29, 1.82) is 0 Å². The molecular weight excluding hydrogens is 504 g/mol. The first-order chi connectivity index (χ1) is 16.9. The van der Waals surface area contributed by atoms with Gasteiger partial charge in [-0.2, -0.15) is 16.8 Å². The molecule has 10 heteroatoms. The van der Waals surface area contributed by atoms with Gasteiger partial charge in [-0.15, -0.1) is 0 Å². The molecule has 0 saturated heterocycles. The maximum absolute atomic E-state index is 12.9. The molecule has 0 spiro atoms. The monoisotopic (exact) mass is 540 g/mol. The van der Waals surface area contributed by atoms with Gasteiger partial charge in [-0.3, -0.25) is 8.37 Å². The van der Waals surface area contributed by atoms with Gasteiger partial charge in [0.2, 0.25) is 0 Å². The molecule has 1 aliphatic carbocycles. The van der Waals surface area contributed by atoms with Crippen LogP contribution in [-0.4, -0.2) is 49.1 Å². The topological polar surface area (TPSA) is 105 Å². The van der Waals surface area contributed by atoms with Crippen molar-refractivity contribution in [2.24, 2.45) is 5.41 Å². The molecule has 1 fully saturated rings. The van der Waals surface area contributed by atoms with Crippen molar-refractivity contribution in [2.75, 3.05) is 26.4 Å². The second kappa shape index (κ2) is 11.7. The first kappa shape index (κ1) is 28.7. The fourth-order valence-electron chi connectivity index (χ4n) is 4.30. The molecule has 2 aromatic carbocycles. The summed E-state index contributed by atoms with van der Waals surface area (Å²) in [5.74, 6) is -0.793. The van der Waals surface area contributed by atoms with Gasteiger partial charge in [0.15, 0.2) is 5.79 Å². The van der Waals surface area contributed by atoms with Crippen molar-refractivity contribution >= 4 is 20.2 Å². The molecule has 36 heavy (non-hydrogen) atoms. The Kier molecular flexibility index (Phi) is 9.35. The molecule has 0 radical (unpaired) electrons. The Bertz CT molecular complexity index is 1110. The standard InChI is InChI=1S/C26H36O8S2/c1-5-31-26(32-6-2)17-15-25(16-18-26,19-33-35(27,28)23-11-7-21(3)8-12-23)20-34-36(29,30)24-13-9-22(4)10-14-24/h7-14H,5-6,15-20H2,1-4H3. The van der Waals surface area contributed by atoms with E-state index >= 15 is 0 Å². The van der Waals surface area contributed by atoms with Gasteiger partial charge in [-0.25, -0.2) is 0 Å². The van der Waals surface area contributed by atoms with E-state index in [1.165, 1.54) is 24.3 Å². The predicted octanol–water partition coefficient (Wildman–Crippen LogP) is 4.74. The van der Waals surface area contributed by atoms with Gasteiger partial charge < -0.3 is 9.47 Å². The molecule has 1 saturated carbocycles. The highest BCUT2D eigenvalue weighted by Gasteiger charge is 2.46. The highest BCUT2D eigenvalue weighted by molar-refractivity contribution is 7.87. The van der Waals surface area contributed by atoms with Crippen molar-refractivity contribution in [3.8, 4) is 0 Å². The van der Waals surface area contributed by atoms with E-state index in [4.69, 9.17) is 17.8 Å². The van der Waals surface area contributed by atoms with Crippen molar-refractivity contribution in [3.05, 3.63) is 59.7 Å². The molecule has 0 bridgehead atoms. The summed E-state index contributed by atoms with van der Waals surface area (Å²) in [5, 5.41) is 0. The van der Waals surface area contributed by atoms with Gasteiger partial charge in [0.25, 0.3) is 20.2 Å². The molecule has 0 unspecified atom stereocenters. The van der Waals surface area contributed by atoms with Crippen LogP contribution in [0.3, 0.4) is 0 Å². The Balaban J connectivity index is 1.81. The maximum Gasteiger partial charge on any atom is 0.296 e. The quantitative estimate of drug-likeness (QED) is 0.281. The van der Waals surface area contributed by atoms with Gasteiger partial charge in [0.1, 0.15) is 0 Å². The van der Waals surface area contributed by atoms with Crippen LogP contribution in [0.5, 0.6) is 0 Å². The van der Waals surface area contributed by atoms with E-state index in [9.17, 15) is 16.8 Å². The van der Waals surface area contributed by atoms with Crippen LogP contribution in [0, 0.1) is 19.3 Å².